The minimum absolute atomic E-state index is 0.199. The topological polar surface area (TPSA) is 73.6 Å². The van der Waals surface area contributed by atoms with Gasteiger partial charge in [-0.15, -0.1) is 0 Å². The number of ether oxygens (including phenoxy) is 1. The van der Waals surface area contributed by atoms with Crippen LogP contribution in [-0.4, -0.2) is 35.2 Å². The first-order valence-electron chi connectivity index (χ1n) is 7.93. The average Bonchev–Trinajstić information content (AvgIpc) is 3.02. The van der Waals surface area contributed by atoms with E-state index >= 15 is 0 Å². The van der Waals surface area contributed by atoms with Gasteiger partial charge in [-0.3, -0.25) is 4.79 Å². The highest BCUT2D eigenvalue weighted by Gasteiger charge is 2.35. The molecule has 0 bridgehead atoms. The van der Waals surface area contributed by atoms with Crippen LogP contribution in [0.4, 0.5) is 4.39 Å². The number of hydrogen-bond acceptors (Lipinski definition) is 4. The van der Waals surface area contributed by atoms with Crippen molar-refractivity contribution in [3.05, 3.63) is 65.5 Å². The summed E-state index contributed by atoms with van der Waals surface area (Å²) >= 11 is 0. The van der Waals surface area contributed by atoms with E-state index in [1.807, 2.05) is 6.07 Å². The van der Waals surface area contributed by atoms with Gasteiger partial charge in [-0.05, 0) is 36.2 Å². The number of halogens is 1. The SMILES string of the molecule is N#Cc1ccccc1OCC(=O)N1C[C@@H](O)C[C@H]1c1ccc(F)cc1. The molecule has 128 valence electrons. The maximum absolute atomic E-state index is 13.1. The van der Waals surface area contributed by atoms with Gasteiger partial charge < -0.3 is 14.7 Å². The second-order valence-electron chi connectivity index (χ2n) is 5.90. The molecule has 3 rings (SSSR count). The van der Waals surface area contributed by atoms with Gasteiger partial charge in [0.2, 0.25) is 0 Å². The number of nitriles is 1. The molecule has 1 saturated heterocycles. The summed E-state index contributed by atoms with van der Waals surface area (Å²) in [6.45, 7) is -0.0345. The number of aliphatic hydroxyl groups excluding tert-OH is 1. The summed E-state index contributed by atoms with van der Waals surface area (Å²) in [6.07, 6.45) is -0.239. The Morgan fingerprint density at radius 3 is 2.72 bits per heavy atom. The monoisotopic (exact) mass is 340 g/mol. The van der Waals surface area contributed by atoms with Crippen molar-refractivity contribution in [3.63, 3.8) is 0 Å². The standard InChI is InChI=1S/C19H17FN2O3/c20-15-7-5-13(6-8-15)17-9-16(23)11-22(17)19(24)12-25-18-4-2-1-3-14(18)10-21/h1-8,16-17,23H,9,11-12H2/t16-,17-/m0/s1. The Balaban J connectivity index is 1.71. The van der Waals surface area contributed by atoms with Crippen molar-refractivity contribution in [2.24, 2.45) is 0 Å². The van der Waals surface area contributed by atoms with E-state index in [0.717, 1.165) is 5.56 Å². The number of carbonyl (C=O) groups is 1. The molecule has 1 heterocycles. The number of β-amino-alcohol motifs (C(OH)–C–C–N with tert-alkyl or cyclic N) is 1. The van der Waals surface area contributed by atoms with Crippen LogP contribution in [0.1, 0.15) is 23.6 Å². The second kappa shape index (κ2) is 7.32. The number of likely N-dealkylation sites (tertiary alicyclic amines) is 1. The third kappa shape index (κ3) is 3.78. The third-order valence-electron chi connectivity index (χ3n) is 4.21. The number of nitrogens with zero attached hydrogens (tertiary/aromatic N) is 2. The molecular weight excluding hydrogens is 323 g/mol. The van der Waals surface area contributed by atoms with Crippen molar-refractivity contribution < 1.29 is 19.0 Å². The molecule has 0 radical (unpaired) electrons. The summed E-state index contributed by atoms with van der Waals surface area (Å²) in [5.74, 6) is -0.299. The van der Waals surface area contributed by atoms with Crippen LogP contribution in [0, 0.1) is 17.1 Å². The third-order valence-corrected chi connectivity index (χ3v) is 4.21. The van der Waals surface area contributed by atoms with E-state index < -0.39 is 6.10 Å². The van der Waals surface area contributed by atoms with Crippen LogP contribution in [0.5, 0.6) is 5.75 Å². The molecule has 1 aliphatic rings. The van der Waals surface area contributed by atoms with Gasteiger partial charge in [0, 0.05) is 6.54 Å². The lowest BCUT2D eigenvalue weighted by molar-refractivity contribution is -0.134. The molecule has 0 unspecified atom stereocenters. The van der Waals surface area contributed by atoms with E-state index in [0.29, 0.717) is 17.7 Å². The molecule has 6 heteroatoms. The summed E-state index contributed by atoms with van der Waals surface area (Å²) in [5, 5.41) is 19.0. The van der Waals surface area contributed by atoms with Gasteiger partial charge in [-0.1, -0.05) is 24.3 Å². The van der Waals surface area contributed by atoms with Gasteiger partial charge >= 0.3 is 0 Å². The Labute approximate surface area is 144 Å². The quantitative estimate of drug-likeness (QED) is 0.928. The summed E-state index contributed by atoms with van der Waals surface area (Å²) < 4.78 is 18.6. The molecule has 2 aromatic rings. The van der Waals surface area contributed by atoms with Gasteiger partial charge in [0.05, 0.1) is 17.7 Å². The van der Waals surface area contributed by atoms with Gasteiger partial charge in [-0.25, -0.2) is 4.39 Å². The summed E-state index contributed by atoms with van der Waals surface area (Å²) in [4.78, 5) is 14.1. The molecule has 0 saturated carbocycles. The minimum atomic E-state index is -0.634. The summed E-state index contributed by atoms with van der Waals surface area (Å²) in [7, 11) is 0. The normalized spacial score (nSPS) is 19.5. The van der Waals surface area contributed by atoms with Crippen LogP contribution in [0.25, 0.3) is 0 Å². The van der Waals surface area contributed by atoms with Crippen LogP contribution >= 0.6 is 0 Å². The highest BCUT2D eigenvalue weighted by Crippen LogP contribution is 2.32. The van der Waals surface area contributed by atoms with Crippen molar-refractivity contribution in [1.29, 1.82) is 5.26 Å². The molecule has 5 nitrogen and oxygen atoms in total. The molecule has 1 N–H and O–H groups in total. The minimum Gasteiger partial charge on any atom is -0.482 e. The van der Waals surface area contributed by atoms with Crippen molar-refractivity contribution in [2.45, 2.75) is 18.6 Å². The van der Waals surface area contributed by atoms with Gasteiger partial charge in [-0.2, -0.15) is 5.26 Å². The number of amides is 1. The first-order valence-corrected chi connectivity index (χ1v) is 7.93. The zero-order chi connectivity index (χ0) is 17.8. The number of hydrogen-bond donors (Lipinski definition) is 1. The first kappa shape index (κ1) is 16.9. The maximum atomic E-state index is 13.1. The van der Waals surface area contributed by atoms with E-state index in [4.69, 9.17) is 10.00 Å². The fourth-order valence-electron chi connectivity index (χ4n) is 3.00. The van der Waals surface area contributed by atoms with Gasteiger partial charge in [0.1, 0.15) is 17.6 Å². The molecule has 0 spiro atoms. The first-order chi connectivity index (χ1) is 12.1. The molecule has 1 fully saturated rings. The van der Waals surface area contributed by atoms with E-state index in [9.17, 15) is 14.3 Å². The Hall–Kier alpha value is -2.91. The highest BCUT2D eigenvalue weighted by molar-refractivity contribution is 5.78. The Kier molecular flexibility index (Phi) is 4.96. The van der Waals surface area contributed by atoms with Crippen LogP contribution in [0.2, 0.25) is 0 Å². The van der Waals surface area contributed by atoms with Crippen LogP contribution in [-0.2, 0) is 4.79 Å². The van der Waals surface area contributed by atoms with Crippen molar-refractivity contribution in [2.75, 3.05) is 13.2 Å². The number of carbonyl (C=O) groups excluding carboxylic acids is 1. The lowest BCUT2D eigenvalue weighted by Gasteiger charge is -2.25. The van der Waals surface area contributed by atoms with Crippen molar-refractivity contribution in [1.82, 2.24) is 4.90 Å². The predicted octanol–water partition coefficient (Wildman–Crippen LogP) is 2.41. The second-order valence-corrected chi connectivity index (χ2v) is 5.90. The molecule has 25 heavy (non-hydrogen) atoms. The fraction of sp³-hybridized carbons (Fsp3) is 0.263. The summed E-state index contributed by atoms with van der Waals surface area (Å²) in [5.41, 5.74) is 1.12. The summed E-state index contributed by atoms with van der Waals surface area (Å²) in [6, 6.07) is 14.3. The smallest absolute Gasteiger partial charge is 0.261 e. The van der Waals surface area contributed by atoms with Crippen LogP contribution in [0.3, 0.4) is 0 Å². The lowest BCUT2D eigenvalue weighted by atomic mass is 10.0. The Morgan fingerprint density at radius 1 is 1.28 bits per heavy atom. The molecule has 1 aliphatic heterocycles. The lowest BCUT2D eigenvalue weighted by Crippen LogP contribution is -2.35. The zero-order valence-corrected chi connectivity index (χ0v) is 13.4. The van der Waals surface area contributed by atoms with Crippen LogP contribution < -0.4 is 4.74 Å². The van der Waals surface area contributed by atoms with E-state index in [-0.39, 0.29) is 30.9 Å². The van der Waals surface area contributed by atoms with Gasteiger partial charge in [0.25, 0.3) is 5.91 Å². The molecule has 0 aromatic heterocycles. The Bertz CT molecular complexity index is 801. The van der Waals surface area contributed by atoms with E-state index in [1.54, 1.807) is 36.4 Å². The van der Waals surface area contributed by atoms with Gasteiger partial charge in [0.15, 0.2) is 6.61 Å². The molecule has 0 aliphatic carbocycles. The van der Waals surface area contributed by atoms with E-state index in [2.05, 4.69) is 0 Å². The number of benzene rings is 2. The van der Waals surface area contributed by atoms with Crippen molar-refractivity contribution in [3.8, 4) is 11.8 Å². The van der Waals surface area contributed by atoms with E-state index in [1.165, 1.54) is 17.0 Å². The number of para-hydroxylation sites is 1. The average molecular weight is 340 g/mol. The number of aliphatic hydroxyl groups is 1. The Morgan fingerprint density at radius 2 is 2.00 bits per heavy atom. The zero-order valence-electron chi connectivity index (χ0n) is 13.4. The molecule has 2 aromatic carbocycles. The molecular formula is C19H17FN2O3. The fourth-order valence-corrected chi connectivity index (χ4v) is 3.00. The maximum Gasteiger partial charge on any atom is 0.261 e. The molecule has 1 amide bonds. The predicted molar refractivity (Wildman–Crippen MR) is 88.1 cm³/mol. The largest absolute Gasteiger partial charge is 0.482 e. The highest BCUT2D eigenvalue weighted by atomic mass is 19.1. The molecule has 2 atom stereocenters. The number of rotatable bonds is 4. The van der Waals surface area contributed by atoms with Crippen LogP contribution in [0.15, 0.2) is 48.5 Å². The van der Waals surface area contributed by atoms with Crippen molar-refractivity contribution >= 4 is 5.91 Å².